The predicted octanol–water partition coefficient (Wildman–Crippen LogP) is 1.88. The number of aromatic nitrogens is 2. The van der Waals surface area contributed by atoms with Gasteiger partial charge in [-0.05, 0) is 25.2 Å². The summed E-state index contributed by atoms with van der Waals surface area (Å²) in [4.78, 5) is 4.46. The molecule has 1 aromatic heterocycles. The van der Waals surface area contributed by atoms with Crippen LogP contribution < -0.4 is 5.73 Å². The smallest absolute Gasteiger partial charge is 0.231 e. The van der Waals surface area contributed by atoms with Gasteiger partial charge in [0.05, 0.1) is 12.0 Å². The van der Waals surface area contributed by atoms with Gasteiger partial charge in [0, 0.05) is 19.6 Å². The van der Waals surface area contributed by atoms with E-state index >= 15 is 0 Å². The number of ether oxygens (including phenoxy) is 1. The van der Waals surface area contributed by atoms with Gasteiger partial charge in [0.1, 0.15) is 0 Å². The summed E-state index contributed by atoms with van der Waals surface area (Å²) in [6.07, 6.45) is 4.48. The molecule has 0 bridgehead atoms. The zero-order chi connectivity index (χ0) is 13.0. The molecule has 18 heavy (non-hydrogen) atoms. The maximum atomic E-state index is 5.75. The highest BCUT2D eigenvalue weighted by Gasteiger charge is 2.23. The average molecular weight is 253 g/mol. The second-order valence-corrected chi connectivity index (χ2v) is 5.33. The molecule has 1 fully saturated rings. The normalized spacial score (nSPS) is 22.3. The molecular weight excluding hydrogens is 230 g/mol. The van der Waals surface area contributed by atoms with Gasteiger partial charge in [-0.15, -0.1) is 0 Å². The summed E-state index contributed by atoms with van der Waals surface area (Å²) in [5.74, 6) is 1.97. The monoisotopic (exact) mass is 253 g/mol. The van der Waals surface area contributed by atoms with Gasteiger partial charge in [-0.2, -0.15) is 4.98 Å². The van der Waals surface area contributed by atoms with E-state index < -0.39 is 0 Å². The van der Waals surface area contributed by atoms with Crippen molar-refractivity contribution in [1.29, 1.82) is 0 Å². The number of rotatable bonds is 5. The van der Waals surface area contributed by atoms with E-state index in [1.165, 1.54) is 6.42 Å². The molecule has 5 nitrogen and oxygen atoms in total. The fraction of sp³-hybridized carbons (Fsp3) is 0.846. The minimum Gasteiger partial charge on any atom is -0.378 e. The van der Waals surface area contributed by atoms with E-state index in [2.05, 4.69) is 24.0 Å². The van der Waals surface area contributed by atoms with Crippen LogP contribution in [0.2, 0.25) is 0 Å². The number of nitrogens with zero attached hydrogens (tertiary/aromatic N) is 2. The van der Waals surface area contributed by atoms with E-state index in [4.69, 9.17) is 15.0 Å². The first-order valence-corrected chi connectivity index (χ1v) is 6.85. The molecule has 0 radical (unpaired) electrons. The second-order valence-electron chi connectivity index (χ2n) is 5.33. The molecule has 2 atom stereocenters. The van der Waals surface area contributed by atoms with Gasteiger partial charge in [-0.3, -0.25) is 0 Å². The van der Waals surface area contributed by atoms with Crippen molar-refractivity contribution < 1.29 is 9.26 Å². The highest BCUT2D eigenvalue weighted by atomic mass is 16.5. The number of hydrogen-bond donors (Lipinski definition) is 1. The third-order valence-corrected chi connectivity index (χ3v) is 3.54. The van der Waals surface area contributed by atoms with Crippen molar-refractivity contribution in [3.05, 3.63) is 11.7 Å². The van der Waals surface area contributed by atoms with E-state index in [0.717, 1.165) is 31.7 Å². The van der Waals surface area contributed by atoms with E-state index in [1.54, 1.807) is 0 Å². The topological polar surface area (TPSA) is 74.2 Å². The maximum absolute atomic E-state index is 5.75. The second kappa shape index (κ2) is 6.29. The molecule has 5 heteroatoms. The molecule has 2 rings (SSSR count). The van der Waals surface area contributed by atoms with Gasteiger partial charge in [-0.1, -0.05) is 19.0 Å². The quantitative estimate of drug-likeness (QED) is 0.867. The lowest BCUT2D eigenvalue weighted by Gasteiger charge is -2.20. The third kappa shape index (κ3) is 3.29. The molecule has 0 spiro atoms. The Morgan fingerprint density at radius 3 is 2.83 bits per heavy atom. The molecule has 1 aliphatic rings. The largest absolute Gasteiger partial charge is 0.378 e. The van der Waals surface area contributed by atoms with Gasteiger partial charge >= 0.3 is 0 Å². The Hall–Kier alpha value is -0.940. The summed E-state index contributed by atoms with van der Waals surface area (Å²) in [6, 6.07) is 0. The van der Waals surface area contributed by atoms with Crippen molar-refractivity contribution >= 4 is 0 Å². The average Bonchev–Trinajstić information content (AvgIpc) is 2.79. The number of hydrogen-bond acceptors (Lipinski definition) is 5. The summed E-state index contributed by atoms with van der Waals surface area (Å²) in [7, 11) is 0. The van der Waals surface area contributed by atoms with Crippen LogP contribution in [0, 0.1) is 5.92 Å². The Balaban J connectivity index is 1.96. The molecule has 0 amide bonds. The molecule has 1 aliphatic heterocycles. The van der Waals surface area contributed by atoms with E-state index in [-0.39, 0.29) is 12.0 Å². The van der Waals surface area contributed by atoms with E-state index in [1.807, 2.05) is 0 Å². The SMILES string of the molecule is CC(C)C(CN)c1nc(CC2CCCCO2)no1. The molecule has 2 unspecified atom stereocenters. The molecular formula is C13H23N3O2. The minimum atomic E-state index is 0.151. The minimum absolute atomic E-state index is 0.151. The Morgan fingerprint density at radius 1 is 1.39 bits per heavy atom. The number of nitrogens with two attached hydrogens (primary N) is 1. The maximum Gasteiger partial charge on any atom is 0.231 e. The van der Waals surface area contributed by atoms with Crippen molar-refractivity contribution in [1.82, 2.24) is 10.1 Å². The predicted molar refractivity (Wildman–Crippen MR) is 68.2 cm³/mol. The molecule has 2 N–H and O–H groups in total. The van der Waals surface area contributed by atoms with Crippen LogP contribution >= 0.6 is 0 Å². The van der Waals surface area contributed by atoms with Crippen molar-refractivity contribution in [3.63, 3.8) is 0 Å². The van der Waals surface area contributed by atoms with E-state index in [9.17, 15) is 0 Å². The van der Waals surface area contributed by atoms with Crippen LogP contribution in [-0.4, -0.2) is 29.4 Å². The highest BCUT2D eigenvalue weighted by molar-refractivity contribution is 4.97. The van der Waals surface area contributed by atoms with Crippen LogP contribution in [0.15, 0.2) is 4.52 Å². The summed E-state index contributed by atoms with van der Waals surface area (Å²) in [5, 5.41) is 4.04. The lowest BCUT2D eigenvalue weighted by atomic mass is 9.96. The van der Waals surface area contributed by atoms with Crippen LogP contribution in [-0.2, 0) is 11.2 Å². The van der Waals surface area contributed by atoms with Gasteiger partial charge in [0.15, 0.2) is 5.82 Å². The molecule has 0 aromatic carbocycles. The molecule has 0 aliphatic carbocycles. The van der Waals surface area contributed by atoms with E-state index in [0.29, 0.717) is 18.4 Å². The van der Waals surface area contributed by atoms with Crippen molar-refractivity contribution in [2.24, 2.45) is 11.7 Å². The van der Waals surface area contributed by atoms with Gasteiger partial charge in [0.2, 0.25) is 5.89 Å². The standard InChI is InChI=1S/C13H23N3O2/c1-9(2)11(8-14)13-15-12(16-18-13)7-10-5-3-4-6-17-10/h9-11H,3-8,14H2,1-2H3. The summed E-state index contributed by atoms with van der Waals surface area (Å²) in [6.45, 7) is 5.63. The van der Waals surface area contributed by atoms with Crippen molar-refractivity contribution in [2.45, 2.75) is 51.6 Å². The molecule has 1 saturated heterocycles. The molecule has 0 saturated carbocycles. The lowest BCUT2D eigenvalue weighted by Crippen LogP contribution is -2.22. The van der Waals surface area contributed by atoms with Crippen LogP contribution in [0.1, 0.15) is 50.7 Å². The fourth-order valence-corrected chi connectivity index (χ4v) is 2.33. The first-order chi connectivity index (χ1) is 8.70. The van der Waals surface area contributed by atoms with Gasteiger partial charge in [0.25, 0.3) is 0 Å². The Labute approximate surface area is 108 Å². The first kappa shape index (κ1) is 13.5. The van der Waals surface area contributed by atoms with Crippen LogP contribution in [0.5, 0.6) is 0 Å². The zero-order valence-corrected chi connectivity index (χ0v) is 11.3. The van der Waals surface area contributed by atoms with Crippen molar-refractivity contribution in [3.8, 4) is 0 Å². The van der Waals surface area contributed by atoms with Crippen molar-refractivity contribution in [2.75, 3.05) is 13.2 Å². The summed E-state index contributed by atoms with van der Waals surface area (Å²) >= 11 is 0. The van der Waals surface area contributed by atoms with Gasteiger partial charge in [-0.25, -0.2) is 0 Å². The van der Waals surface area contributed by atoms with Crippen LogP contribution in [0.4, 0.5) is 0 Å². The Kier molecular flexibility index (Phi) is 4.72. The molecule has 2 heterocycles. The first-order valence-electron chi connectivity index (χ1n) is 6.85. The molecule has 1 aromatic rings. The third-order valence-electron chi connectivity index (χ3n) is 3.54. The fourth-order valence-electron chi connectivity index (χ4n) is 2.33. The Morgan fingerprint density at radius 2 is 2.22 bits per heavy atom. The zero-order valence-electron chi connectivity index (χ0n) is 11.3. The summed E-state index contributed by atoms with van der Waals surface area (Å²) in [5.41, 5.74) is 5.75. The lowest BCUT2D eigenvalue weighted by molar-refractivity contribution is 0.0153. The van der Waals surface area contributed by atoms with Gasteiger partial charge < -0.3 is 15.0 Å². The molecule has 102 valence electrons. The highest BCUT2D eigenvalue weighted by Crippen LogP contribution is 2.22. The Bertz CT molecular complexity index is 359. The van der Waals surface area contributed by atoms with Crippen LogP contribution in [0.3, 0.4) is 0 Å². The summed E-state index contributed by atoms with van der Waals surface area (Å²) < 4.78 is 11.0. The van der Waals surface area contributed by atoms with Crippen LogP contribution in [0.25, 0.3) is 0 Å².